The van der Waals surface area contributed by atoms with Crippen LogP contribution in [0, 0.1) is 0 Å². The van der Waals surface area contributed by atoms with E-state index in [1.165, 1.54) is 0 Å². The van der Waals surface area contributed by atoms with Crippen molar-refractivity contribution >= 4 is 11.8 Å². The van der Waals surface area contributed by atoms with Crippen LogP contribution in [0.2, 0.25) is 0 Å². The molecule has 0 bridgehead atoms. The van der Waals surface area contributed by atoms with E-state index in [4.69, 9.17) is 4.74 Å². The van der Waals surface area contributed by atoms with Crippen molar-refractivity contribution in [2.75, 3.05) is 20.7 Å². The Kier molecular flexibility index (Phi) is 4.77. The van der Waals surface area contributed by atoms with Gasteiger partial charge in [-0.2, -0.15) is 5.10 Å². The van der Waals surface area contributed by atoms with E-state index in [0.717, 1.165) is 12.0 Å². The lowest BCUT2D eigenvalue weighted by Crippen LogP contribution is -2.31. The number of hydrogen-bond donors (Lipinski definition) is 0. The highest BCUT2D eigenvalue weighted by molar-refractivity contribution is 6.00. The first-order valence-corrected chi connectivity index (χ1v) is 7.42. The molecule has 1 aromatic heterocycles. The number of nitrogens with zero attached hydrogens (tertiary/aromatic N) is 3. The highest BCUT2D eigenvalue weighted by atomic mass is 16.5. The van der Waals surface area contributed by atoms with Crippen molar-refractivity contribution in [2.45, 2.75) is 45.7 Å². The summed E-state index contributed by atoms with van der Waals surface area (Å²) in [6.45, 7) is 4.72. The number of Topliss-reactive ketones (excluding diaryl/α,β-unsaturated/α-hetero) is 1. The Labute approximate surface area is 125 Å². The highest BCUT2D eigenvalue weighted by Gasteiger charge is 2.30. The number of carbonyl (C=O) groups is 2. The zero-order valence-electron chi connectivity index (χ0n) is 13.2. The van der Waals surface area contributed by atoms with E-state index < -0.39 is 5.97 Å². The van der Waals surface area contributed by atoms with Gasteiger partial charge in [0.1, 0.15) is 5.69 Å². The maximum atomic E-state index is 12.2. The lowest BCUT2D eigenvalue weighted by molar-refractivity contribution is 0.0517. The lowest BCUT2D eigenvalue weighted by Gasteiger charge is -2.21. The molecule has 2 rings (SSSR count). The second-order valence-corrected chi connectivity index (χ2v) is 5.67. The molecule has 0 fully saturated rings. The van der Waals surface area contributed by atoms with Gasteiger partial charge >= 0.3 is 5.97 Å². The fraction of sp³-hybridized carbons (Fsp3) is 0.667. The second-order valence-electron chi connectivity index (χ2n) is 5.67. The predicted octanol–water partition coefficient (Wildman–Crippen LogP) is 1.53. The van der Waals surface area contributed by atoms with Gasteiger partial charge in [0.05, 0.1) is 13.2 Å². The van der Waals surface area contributed by atoms with E-state index in [1.54, 1.807) is 11.6 Å². The van der Waals surface area contributed by atoms with Crippen LogP contribution in [-0.2, 0) is 17.7 Å². The van der Waals surface area contributed by atoms with Gasteiger partial charge in [0.25, 0.3) is 0 Å². The molecule has 0 aliphatic heterocycles. The van der Waals surface area contributed by atoms with Gasteiger partial charge in [-0.3, -0.25) is 9.48 Å². The van der Waals surface area contributed by atoms with Crippen LogP contribution < -0.4 is 0 Å². The first kappa shape index (κ1) is 15.7. The summed E-state index contributed by atoms with van der Waals surface area (Å²) in [6.07, 6.45) is 2.01. The second kappa shape index (κ2) is 6.39. The summed E-state index contributed by atoms with van der Waals surface area (Å²) in [7, 11) is 3.96. The van der Waals surface area contributed by atoms with Crippen LogP contribution in [0.4, 0.5) is 0 Å². The fourth-order valence-electron chi connectivity index (χ4n) is 2.50. The molecule has 21 heavy (non-hydrogen) atoms. The van der Waals surface area contributed by atoms with Gasteiger partial charge in [0.2, 0.25) is 0 Å². The number of carbonyl (C=O) groups excluding carboxylic acids is 2. The minimum atomic E-state index is -0.431. The van der Waals surface area contributed by atoms with Crippen molar-refractivity contribution in [1.29, 1.82) is 0 Å². The van der Waals surface area contributed by atoms with Crippen molar-refractivity contribution in [1.82, 2.24) is 14.7 Å². The van der Waals surface area contributed by atoms with Gasteiger partial charge in [-0.1, -0.05) is 0 Å². The third kappa shape index (κ3) is 3.15. The molecule has 0 spiro atoms. The van der Waals surface area contributed by atoms with Crippen LogP contribution in [0.15, 0.2) is 0 Å². The minimum Gasteiger partial charge on any atom is -0.461 e. The first-order valence-electron chi connectivity index (χ1n) is 7.42. The molecule has 1 aliphatic carbocycles. The molecule has 1 atom stereocenters. The number of hydrogen-bond acceptors (Lipinski definition) is 5. The van der Waals surface area contributed by atoms with E-state index in [2.05, 4.69) is 16.9 Å². The summed E-state index contributed by atoms with van der Waals surface area (Å²) in [5.41, 5.74) is 1.67. The van der Waals surface area contributed by atoms with E-state index in [1.807, 2.05) is 14.1 Å². The maximum absolute atomic E-state index is 12.2. The molecule has 1 aromatic rings. The first-order chi connectivity index (χ1) is 9.95. The summed E-state index contributed by atoms with van der Waals surface area (Å²) in [5, 5.41) is 4.38. The fourth-order valence-corrected chi connectivity index (χ4v) is 2.50. The van der Waals surface area contributed by atoms with Gasteiger partial charge in [-0.15, -0.1) is 0 Å². The van der Waals surface area contributed by atoms with Gasteiger partial charge < -0.3 is 9.64 Å². The monoisotopic (exact) mass is 293 g/mol. The van der Waals surface area contributed by atoms with Crippen LogP contribution in [0.3, 0.4) is 0 Å². The third-order valence-electron chi connectivity index (χ3n) is 3.93. The predicted molar refractivity (Wildman–Crippen MR) is 78.6 cm³/mol. The molecule has 0 radical (unpaired) electrons. The van der Waals surface area contributed by atoms with E-state index >= 15 is 0 Å². The summed E-state index contributed by atoms with van der Waals surface area (Å²) in [4.78, 5) is 26.3. The average Bonchev–Trinajstić information content (AvgIpc) is 2.79. The van der Waals surface area contributed by atoms with Crippen LogP contribution in [0.5, 0.6) is 0 Å². The van der Waals surface area contributed by atoms with Crippen molar-refractivity contribution in [3.63, 3.8) is 0 Å². The average molecular weight is 293 g/mol. The molecule has 1 aliphatic rings. The normalized spacial score (nSPS) is 16.0. The van der Waals surface area contributed by atoms with Crippen molar-refractivity contribution in [3.8, 4) is 0 Å². The summed E-state index contributed by atoms with van der Waals surface area (Å²) in [5.74, 6) is -0.357. The zero-order valence-corrected chi connectivity index (χ0v) is 13.2. The Balaban J connectivity index is 2.40. The van der Waals surface area contributed by atoms with Crippen LogP contribution in [0.25, 0.3) is 0 Å². The zero-order chi connectivity index (χ0) is 15.6. The molecule has 0 saturated carbocycles. The van der Waals surface area contributed by atoms with Gasteiger partial charge in [0.15, 0.2) is 11.5 Å². The van der Waals surface area contributed by atoms with Crippen molar-refractivity contribution in [3.05, 3.63) is 17.0 Å². The Hall–Kier alpha value is -1.69. The maximum Gasteiger partial charge on any atom is 0.359 e. The third-order valence-corrected chi connectivity index (χ3v) is 3.93. The number of ketones is 1. The summed E-state index contributed by atoms with van der Waals surface area (Å²) >= 11 is 0. The Bertz CT molecular complexity index is 549. The number of likely N-dealkylation sites (N-methyl/N-ethyl adjacent to an activating group) is 1. The Morgan fingerprint density at radius 1 is 1.43 bits per heavy atom. The van der Waals surface area contributed by atoms with E-state index in [-0.39, 0.29) is 11.8 Å². The largest absolute Gasteiger partial charge is 0.461 e. The number of ether oxygens (including phenoxy) is 1. The molecule has 0 N–H and O–H groups in total. The van der Waals surface area contributed by atoms with Gasteiger partial charge in [0, 0.05) is 18.0 Å². The SMILES string of the molecule is CCOC(=O)c1nn(CC(C)N(C)C)c2c1CCCC2=O. The van der Waals surface area contributed by atoms with Crippen molar-refractivity contribution in [2.24, 2.45) is 0 Å². The molecular weight excluding hydrogens is 270 g/mol. The highest BCUT2D eigenvalue weighted by Crippen LogP contribution is 2.25. The molecule has 6 heteroatoms. The Morgan fingerprint density at radius 2 is 2.14 bits per heavy atom. The molecule has 0 saturated heterocycles. The quantitative estimate of drug-likeness (QED) is 0.770. The number of rotatable bonds is 5. The summed E-state index contributed by atoms with van der Waals surface area (Å²) in [6, 6.07) is 0.221. The number of fused-ring (bicyclic) bond motifs is 1. The Morgan fingerprint density at radius 3 is 2.76 bits per heavy atom. The molecule has 1 heterocycles. The lowest BCUT2D eigenvalue weighted by atomic mass is 9.94. The van der Waals surface area contributed by atoms with Crippen molar-refractivity contribution < 1.29 is 14.3 Å². The molecule has 116 valence electrons. The summed E-state index contributed by atoms with van der Waals surface area (Å²) < 4.78 is 6.75. The molecule has 0 aromatic carbocycles. The van der Waals surface area contributed by atoms with Gasteiger partial charge in [-0.25, -0.2) is 4.79 Å². The minimum absolute atomic E-state index is 0.0743. The van der Waals surface area contributed by atoms with Crippen LogP contribution >= 0.6 is 0 Å². The number of esters is 1. The van der Waals surface area contributed by atoms with Crippen LogP contribution in [0.1, 0.15) is 53.2 Å². The smallest absolute Gasteiger partial charge is 0.359 e. The molecule has 1 unspecified atom stereocenters. The topological polar surface area (TPSA) is 64.4 Å². The van der Waals surface area contributed by atoms with Gasteiger partial charge in [-0.05, 0) is 40.8 Å². The number of aromatic nitrogens is 2. The molecule has 0 amide bonds. The molecule has 6 nitrogen and oxygen atoms in total. The van der Waals surface area contributed by atoms with E-state index in [9.17, 15) is 9.59 Å². The van der Waals surface area contributed by atoms with E-state index in [0.29, 0.717) is 37.4 Å². The van der Waals surface area contributed by atoms with Crippen LogP contribution in [-0.4, -0.2) is 53.2 Å². The molecular formula is C15H23N3O3. The standard InChI is InChI=1S/C15H23N3O3/c1-5-21-15(20)13-11-7-6-8-12(19)14(11)18(16-13)9-10(2)17(3)4/h10H,5-9H2,1-4H3.